The summed E-state index contributed by atoms with van der Waals surface area (Å²) in [5.74, 6) is -0.700. The molecule has 1 aliphatic heterocycles. The zero-order chi connectivity index (χ0) is 17.6. The highest BCUT2D eigenvalue weighted by Gasteiger charge is 2.30. The van der Waals surface area contributed by atoms with Crippen LogP contribution < -0.4 is 5.32 Å². The Kier molecular flexibility index (Phi) is 5.99. The third-order valence-corrected chi connectivity index (χ3v) is 3.82. The lowest BCUT2D eigenvalue weighted by molar-refractivity contribution is -0.137. The van der Waals surface area contributed by atoms with Crippen LogP contribution >= 0.6 is 0 Å². The molecule has 0 unspecified atom stereocenters. The van der Waals surface area contributed by atoms with E-state index in [2.05, 4.69) is 10.2 Å². The van der Waals surface area contributed by atoms with Crippen LogP contribution in [0, 0.1) is 11.3 Å². The minimum atomic E-state index is -4.48. The first-order valence-corrected chi connectivity index (χ1v) is 7.71. The number of benzene rings is 1. The summed E-state index contributed by atoms with van der Waals surface area (Å²) in [6, 6.07) is 6.14. The second kappa shape index (κ2) is 7.97. The summed E-state index contributed by atoms with van der Waals surface area (Å²) in [6.45, 7) is 2.33. The first-order chi connectivity index (χ1) is 11.4. The number of nitrogens with zero attached hydrogens (tertiary/aromatic N) is 2. The second-order valence-electron chi connectivity index (χ2n) is 5.62. The SMILES string of the molecule is N#CC(=CCN1CCCCC1)C(=O)Nc1cccc(C(F)(F)F)c1. The van der Waals surface area contributed by atoms with E-state index in [1.165, 1.54) is 24.6 Å². The Morgan fingerprint density at radius 3 is 2.62 bits per heavy atom. The molecule has 128 valence electrons. The fourth-order valence-electron chi connectivity index (χ4n) is 2.52. The second-order valence-corrected chi connectivity index (χ2v) is 5.62. The lowest BCUT2D eigenvalue weighted by Gasteiger charge is -2.24. The van der Waals surface area contributed by atoms with E-state index in [-0.39, 0.29) is 11.3 Å². The molecule has 4 nitrogen and oxygen atoms in total. The van der Waals surface area contributed by atoms with Gasteiger partial charge in [0, 0.05) is 12.2 Å². The predicted octanol–water partition coefficient (Wildman–Crippen LogP) is 3.58. The van der Waals surface area contributed by atoms with Crippen LogP contribution in [-0.4, -0.2) is 30.4 Å². The molecule has 1 saturated heterocycles. The van der Waals surface area contributed by atoms with Crippen molar-refractivity contribution in [2.45, 2.75) is 25.4 Å². The molecule has 0 bridgehead atoms. The molecule has 1 aliphatic rings. The van der Waals surface area contributed by atoms with Gasteiger partial charge < -0.3 is 5.32 Å². The van der Waals surface area contributed by atoms with Crippen LogP contribution in [0.4, 0.5) is 18.9 Å². The predicted molar refractivity (Wildman–Crippen MR) is 84.1 cm³/mol. The van der Waals surface area contributed by atoms with Crippen molar-refractivity contribution in [2.75, 3.05) is 25.0 Å². The Balaban J connectivity index is 2.02. The number of piperidine rings is 1. The Hall–Kier alpha value is -2.33. The molecule has 0 radical (unpaired) electrons. The molecule has 1 aromatic carbocycles. The van der Waals surface area contributed by atoms with E-state index in [1.807, 2.05) is 0 Å². The van der Waals surface area contributed by atoms with E-state index in [9.17, 15) is 18.0 Å². The van der Waals surface area contributed by atoms with Crippen LogP contribution in [0.1, 0.15) is 24.8 Å². The van der Waals surface area contributed by atoms with Crippen molar-refractivity contribution in [3.63, 3.8) is 0 Å². The third-order valence-electron chi connectivity index (χ3n) is 3.82. The monoisotopic (exact) mass is 337 g/mol. The van der Waals surface area contributed by atoms with Crippen LogP contribution in [0.3, 0.4) is 0 Å². The van der Waals surface area contributed by atoms with Gasteiger partial charge in [0.05, 0.1) is 5.56 Å². The van der Waals surface area contributed by atoms with Crippen LogP contribution in [0.5, 0.6) is 0 Å². The van der Waals surface area contributed by atoms with Crippen molar-refractivity contribution in [3.8, 4) is 6.07 Å². The molecule has 1 amide bonds. The van der Waals surface area contributed by atoms with Gasteiger partial charge in [-0.15, -0.1) is 0 Å². The van der Waals surface area contributed by atoms with E-state index >= 15 is 0 Å². The quantitative estimate of drug-likeness (QED) is 0.675. The Bertz CT molecular complexity index is 656. The van der Waals surface area contributed by atoms with Crippen LogP contribution in [0.2, 0.25) is 0 Å². The van der Waals surface area contributed by atoms with Gasteiger partial charge in [-0.2, -0.15) is 18.4 Å². The van der Waals surface area contributed by atoms with Crippen molar-refractivity contribution < 1.29 is 18.0 Å². The lowest BCUT2D eigenvalue weighted by Crippen LogP contribution is -2.30. The number of halogens is 3. The number of alkyl halides is 3. The van der Waals surface area contributed by atoms with Gasteiger partial charge in [-0.3, -0.25) is 9.69 Å². The Labute approximate surface area is 138 Å². The molecule has 1 heterocycles. The third kappa shape index (κ3) is 5.10. The number of anilines is 1. The standard InChI is InChI=1S/C17H18F3N3O/c18-17(19,20)14-5-4-6-15(11-14)22-16(24)13(12-21)7-10-23-8-2-1-3-9-23/h4-7,11H,1-3,8-10H2,(H,22,24). The van der Waals surface area contributed by atoms with E-state index in [1.54, 1.807) is 6.07 Å². The van der Waals surface area contributed by atoms with Gasteiger partial charge in [-0.05, 0) is 50.2 Å². The molecule has 0 atom stereocenters. The molecule has 1 N–H and O–H groups in total. The summed E-state index contributed by atoms with van der Waals surface area (Å²) >= 11 is 0. The zero-order valence-electron chi connectivity index (χ0n) is 13.1. The largest absolute Gasteiger partial charge is 0.416 e. The van der Waals surface area contributed by atoms with Gasteiger partial charge in [0.15, 0.2) is 0 Å². The van der Waals surface area contributed by atoms with Gasteiger partial charge >= 0.3 is 6.18 Å². The molecule has 0 saturated carbocycles. The molecule has 2 rings (SSSR count). The summed E-state index contributed by atoms with van der Waals surface area (Å²) in [7, 11) is 0. The van der Waals surface area contributed by atoms with Crippen LogP contribution in [-0.2, 0) is 11.0 Å². The van der Waals surface area contributed by atoms with Crippen molar-refractivity contribution in [3.05, 3.63) is 41.5 Å². The molecule has 0 aromatic heterocycles. The first-order valence-electron chi connectivity index (χ1n) is 7.71. The molecule has 0 aliphatic carbocycles. The van der Waals surface area contributed by atoms with Crippen molar-refractivity contribution in [1.29, 1.82) is 5.26 Å². The number of nitrogens with one attached hydrogen (secondary N) is 1. The lowest BCUT2D eigenvalue weighted by atomic mass is 10.1. The summed E-state index contributed by atoms with van der Waals surface area (Å²) in [6.07, 6.45) is 0.400. The highest BCUT2D eigenvalue weighted by atomic mass is 19.4. The zero-order valence-corrected chi connectivity index (χ0v) is 13.1. The van der Waals surface area contributed by atoms with Crippen LogP contribution in [0.25, 0.3) is 0 Å². The molecule has 1 aromatic rings. The van der Waals surface area contributed by atoms with Crippen molar-refractivity contribution in [1.82, 2.24) is 4.90 Å². The normalized spacial score (nSPS) is 16.5. The minimum Gasteiger partial charge on any atom is -0.321 e. The summed E-state index contributed by atoms with van der Waals surface area (Å²) in [4.78, 5) is 14.2. The maximum absolute atomic E-state index is 12.7. The average Bonchev–Trinajstić information content (AvgIpc) is 2.56. The van der Waals surface area contributed by atoms with E-state index < -0.39 is 17.6 Å². The highest BCUT2D eigenvalue weighted by molar-refractivity contribution is 6.06. The topological polar surface area (TPSA) is 56.1 Å². The maximum Gasteiger partial charge on any atom is 0.416 e. The van der Waals surface area contributed by atoms with E-state index in [0.29, 0.717) is 6.54 Å². The molecule has 7 heteroatoms. The van der Waals surface area contributed by atoms with Crippen molar-refractivity contribution >= 4 is 11.6 Å². The maximum atomic E-state index is 12.7. The Morgan fingerprint density at radius 1 is 1.29 bits per heavy atom. The number of carbonyl (C=O) groups excluding carboxylic acids is 1. The van der Waals surface area contributed by atoms with Gasteiger partial charge in [-0.25, -0.2) is 0 Å². The summed E-state index contributed by atoms with van der Waals surface area (Å²) in [5, 5.41) is 11.5. The number of amides is 1. The first kappa shape index (κ1) is 18.0. The smallest absolute Gasteiger partial charge is 0.321 e. The average molecular weight is 337 g/mol. The summed E-state index contributed by atoms with van der Waals surface area (Å²) in [5.41, 5.74) is -0.942. The van der Waals surface area contributed by atoms with E-state index in [0.717, 1.165) is 38.1 Å². The van der Waals surface area contributed by atoms with Crippen molar-refractivity contribution in [2.24, 2.45) is 0 Å². The number of likely N-dealkylation sites (tertiary alicyclic amines) is 1. The molecule has 1 fully saturated rings. The molecule has 0 spiro atoms. The number of hydrogen-bond donors (Lipinski definition) is 1. The van der Waals surface area contributed by atoms with E-state index in [4.69, 9.17) is 5.26 Å². The number of carbonyl (C=O) groups is 1. The molecular formula is C17H18F3N3O. The molecule has 24 heavy (non-hydrogen) atoms. The highest BCUT2D eigenvalue weighted by Crippen LogP contribution is 2.30. The number of nitriles is 1. The fourth-order valence-corrected chi connectivity index (χ4v) is 2.52. The van der Waals surface area contributed by atoms with Gasteiger partial charge in [0.2, 0.25) is 0 Å². The van der Waals surface area contributed by atoms with Gasteiger partial charge in [0.1, 0.15) is 11.6 Å². The number of rotatable bonds is 4. The summed E-state index contributed by atoms with van der Waals surface area (Å²) < 4.78 is 38.0. The minimum absolute atomic E-state index is 0.00828. The van der Waals surface area contributed by atoms with Gasteiger partial charge in [-0.1, -0.05) is 12.5 Å². The van der Waals surface area contributed by atoms with Gasteiger partial charge in [0.25, 0.3) is 5.91 Å². The fraction of sp³-hybridized carbons (Fsp3) is 0.412. The number of hydrogen-bond acceptors (Lipinski definition) is 3. The molecular weight excluding hydrogens is 319 g/mol. The van der Waals surface area contributed by atoms with Crippen LogP contribution in [0.15, 0.2) is 35.9 Å². The Morgan fingerprint density at radius 2 is 2.00 bits per heavy atom.